The lowest BCUT2D eigenvalue weighted by Crippen LogP contribution is -2.12. The molecule has 0 aliphatic carbocycles. The molecule has 0 aliphatic rings. The van der Waals surface area contributed by atoms with Gasteiger partial charge in [0.15, 0.2) is 0 Å². The molecule has 0 fully saturated rings. The second-order valence-corrected chi connectivity index (χ2v) is 2.40. The zero-order valence-corrected chi connectivity index (χ0v) is 7.79. The van der Waals surface area contributed by atoms with Gasteiger partial charge in [-0.2, -0.15) is 0 Å². The van der Waals surface area contributed by atoms with E-state index in [9.17, 15) is 25.0 Å². The van der Waals surface area contributed by atoms with E-state index >= 15 is 0 Å². The molecular formula is C5H5N5O6. The largest absolute Gasteiger partial charge is 0.453 e. The summed E-state index contributed by atoms with van der Waals surface area (Å²) in [6.07, 6.45) is -1.08. The Morgan fingerprint density at radius 3 is 2.50 bits per heavy atom. The second-order valence-electron chi connectivity index (χ2n) is 2.40. The lowest BCUT2D eigenvalue weighted by Gasteiger charge is -1.99. The van der Waals surface area contributed by atoms with Crippen LogP contribution in [0.1, 0.15) is 0 Å². The summed E-state index contributed by atoms with van der Waals surface area (Å²) in [5.74, 6) is -1.66. The van der Waals surface area contributed by atoms with Crippen molar-refractivity contribution in [2.24, 2.45) is 0 Å². The Morgan fingerprint density at radius 1 is 1.44 bits per heavy atom. The highest BCUT2D eigenvalue weighted by molar-refractivity contribution is 5.90. The number of nitrogens with zero attached hydrogens (tertiary/aromatic N) is 3. The summed E-state index contributed by atoms with van der Waals surface area (Å²) in [5.41, 5.74) is -0.651. The van der Waals surface area contributed by atoms with Gasteiger partial charge in [-0.05, 0) is 14.9 Å². The van der Waals surface area contributed by atoms with Crippen molar-refractivity contribution in [1.82, 2.24) is 10.2 Å². The van der Waals surface area contributed by atoms with Gasteiger partial charge in [0.1, 0.15) is 5.10 Å². The first kappa shape index (κ1) is 11.4. The number of rotatable bonds is 3. The quantitative estimate of drug-likeness (QED) is 0.563. The van der Waals surface area contributed by atoms with Crippen LogP contribution in [0, 0.1) is 20.2 Å². The molecule has 0 atom stereocenters. The van der Waals surface area contributed by atoms with Gasteiger partial charge >= 0.3 is 17.7 Å². The summed E-state index contributed by atoms with van der Waals surface area (Å²) in [4.78, 5) is 29.8. The van der Waals surface area contributed by atoms with E-state index in [1.807, 2.05) is 10.4 Å². The van der Waals surface area contributed by atoms with Crippen molar-refractivity contribution < 1.29 is 19.4 Å². The van der Waals surface area contributed by atoms with Crippen LogP contribution in [0.15, 0.2) is 0 Å². The van der Waals surface area contributed by atoms with Crippen LogP contribution in [0.25, 0.3) is 0 Å². The van der Waals surface area contributed by atoms with Crippen LogP contribution < -0.4 is 5.32 Å². The molecular weight excluding hydrogens is 226 g/mol. The van der Waals surface area contributed by atoms with Crippen LogP contribution in [-0.2, 0) is 4.74 Å². The number of nitrogens with one attached hydrogen (secondary N) is 2. The van der Waals surface area contributed by atoms with Gasteiger partial charge in [0.25, 0.3) is 0 Å². The Morgan fingerprint density at radius 2 is 2.06 bits per heavy atom. The van der Waals surface area contributed by atoms with Crippen LogP contribution in [0.5, 0.6) is 0 Å². The molecule has 0 aliphatic heterocycles. The van der Waals surface area contributed by atoms with E-state index < -0.39 is 33.3 Å². The van der Waals surface area contributed by atoms with Gasteiger partial charge in [-0.15, -0.1) is 0 Å². The molecule has 0 unspecified atom stereocenters. The lowest BCUT2D eigenvalue weighted by atomic mass is 10.4. The average molecular weight is 231 g/mol. The van der Waals surface area contributed by atoms with E-state index in [0.717, 1.165) is 7.11 Å². The highest BCUT2D eigenvalue weighted by atomic mass is 16.6. The maximum Gasteiger partial charge on any atom is 0.444 e. The van der Waals surface area contributed by atoms with Gasteiger partial charge in [0, 0.05) is 0 Å². The van der Waals surface area contributed by atoms with Crippen molar-refractivity contribution in [3.05, 3.63) is 20.2 Å². The summed E-state index contributed by atoms with van der Waals surface area (Å²) in [6.45, 7) is 0. The molecule has 0 saturated heterocycles. The van der Waals surface area contributed by atoms with E-state index in [1.165, 1.54) is 0 Å². The second kappa shape index (κ2) is 4.20. The van der Waals surface area contributed by atoms with Gasteiger partial charge < -0.3 is 25.0 Å². The van der Waals surface area contributed by atoms with Crippen LogP contribution in [-0.4, -0.2) is 33.2 Å². The number of hydrogen-bond acceptors (Lipinski definition) is 7. The first-order valence-electron chi connectivity index (χ1n) is 3.69. The summed E-state index contributed by atoms with van der Waals surface area (Å²) in [5, 5.41) is 27.6. The molecule has 1 heterocycles. The molecule has 0 radical (unpaired) electrons. The fourth-order valence-corrected chi connectivity index (χ4v) is 0.856. The molecule has 2 N–H and O–H groups in total. The van der Waals surface area contributed by atoms with Gasteiger partial charge in [-0.1, -0.05) is 0 Å². The fraction of sp³-hybridized carbons (Fsp3) is 0.200. The summed E-state index contributed by atoms with van der Waals surface area (Å²) in [6, 6.07) is 0. The molecule has 0 aromatic carbocycles. The predicted octanol–water partition coefficient (Wildman–Crippen LogP) is 0.404. The number of carbonyl (C=O) groups is 1. The molecule has 11 heteroatoms. The minimum absolute atomic E-state index is 0.651. The van der Waals surface area contributed by atoms with Crippen molar-refractivity contribution in [3.8, 4) is 0 Å². The van der Waals surface area contributed by atoms with Crippen molar-refractivity contribution in [1.29, 1.82) is 0 Å². The Bertz CT molecular complexity index is 421. The number of anilines is 1. The molecule has 1 rings (SSSR count). The molecule has 0 bridgehead atoms. The fourth-order valence-electron chi connectivity index (χ4n) is 0.856. The monoisotopic (exact) mass is 231 g/mol. The van der Waals surface area contributed by atoms with Gasteiger partial charge in [-0.25, -0.2) is 4.79 Å². The lowest BCUT2D eigenvalue weighted by molar-refractivity contribution is -0.392. The Balaban J connectivity index is 3.19. The van der Waals surface area contributed by atoms with E-state index in [0.29, 0.717) is 0 Å². The SMILES string of the molecule is COC(=O)Nc1c([N+](=O)[O-])n[nH]c1[N+](=O)[O-]. The number of methoxy groups -OCH3 is 1. The third-order valence-corrected chi connectivity index (χ3v) is 1.50. The average Bonchev–Trinajstić information content (AvgIpc) is 2.61. The third-order valence-electron chi connectivity index (χ3n) is 1.50. The van der Waals surface area contributed by atoms with Gasteiger partial charge in [0.2, 0.25) is 5.69 Å². The van der Waals surface area contributed by atoms with Crippen molar-refractivity contribution in [2.45, 2.75) is 0 Å². The Kier molecular flexibility index (Phi) is 2.98. The maximum absolute atomic E-state index is 10.8. The summed E-state index contributed by atoms with van der Waals surface area (Å²) >= 11 is 0. The Labute approximate surface area is 86.7 Å². The number of ether oxygens (including phenoxy) is 1. The molecule has 1 amide bonds. The van der Waals surface area contributed by atoms with Crippen molar-refractivity contribution >= 4 is 23.4 Å². The van der Waals surface area contributed by atoms with Crippen LogP contribution in [0.4, 0.5) is 22.1 Å². The Hall–Kier alpha value is -2.72. The third kappa shape index (κ3) is 2.02. The topological polar surface area (TPSA) is 153 Å². The van der Waals surface area contributed by atoms with Gasteiger partial charge in [0.05, 0.1) is 7.11 Å². The molecule has 0 spiro atoms. The molecule has 0 saturated carbocycles. The highest BCUT2D eigenvalue weighted by Gasteiger charge is 2.33. The molecule has 11 nitrogen and oxygen atoms in total. The minimum Gasteiger partial charge on any atom is -0.453 e. The van der Waals surface area contributed by atoms with E-state index in [1.54, 1.807) is 0 Å². The number of nitro groups is 2. The molecule has 16 heavy (non-hydrogen) atoms. The van der Waals surface area contributed by atoms with Gasteiger partial charge in [-0.3, -0.25) is 5.32 Å². The summed E-state index contributed by atoms with van der Waals surface area (Å²) < 4.78 is 4.16. The highest BCUT2D eigenvalue weighted by Crippen LogP contribution is 2.30. The minimum atomic E-state index is -1.08. The number of hydrogen-bond donors (Lipinski definition) is 2. The molecule has 1 aromatic rings. The zero-order chi connectivity index (χ0) is 12.3. The van der Waals surface area contributed by atoms with E-state index in [2.05, 4.69) is 9.84 Å². The molecule has 86 valence electrons. The number of H-pyrrole nitrogens is 1. The standard InChI is InChI=1S/C5H5N5O6/c1-16-5(11)6-2-3(9(12)13)7-8-4(2)10(14)15/h1H3,(H,6,11)(H,7,8). The van der Waals surface area contributed by atoms with E-state index in [-0.39, 0.29) is 0 Å². The number of aromatic nitrogens is 2. The summed E-state index contributed by atoms with van der Waals surface area (Å²) in [7, 11) is 1.01. The first-order chi connectivity index (χ1) is 7.47. The first-order valence-corrected chi connectivity index (χ1v) is 3.69. The van der Waals surface area contributed by atoms with Crippen molar-refractivity contribution in [2.75, 3.05) is 12.4 Å². The van der Waals surface area contributed by atoms with Crippen LogP contribution in [0.2, 0.25) is 0 Å². The number of carbonyl (C=O) groups excluding carboxylic acids is 1. The smallest absolute Gasteiger partial charge is 0.444 e. The number of aromatic amines is 1. The normalized spacial score (nSPS) is 9.56. The zero-order valence-electron chi connectivity index (χ0n) is 7.79. The van der Waals surface area contributed by atoms with E-state index in [4.69, 9.17) is 0 Å². The predicted molar refractivity (Wildman–Crippen MR) is 47.9 cm³/mol. The molecule has 1 aromatic heterocycles. The number of amides is 1. The maximum atomic E-state index is 10.8. The van der Waals surface area contributed by atoms with Crippen molar-refractivity contribution in [3.63, 3.8) is 0 Å². The van der Waals surface area contributed by atoms with Crippen LogP contribution >= 0.6 is 0 Å². The van der Waals surface area contributed by atoms with Crippen LogP contribution in [0.3, 0.4) is 0 Å².